The largest absolute Gasteiger partial charge is 0.508 e. The lowest BCUT2D eigenvalue weighted by Crippen LogP contribution is -1.91. The molecule has 0 aliphatic rings. The van der Waals surface area contributed by atoms with Gasteiger partial charge >= 0.3 is 0 Å². The van der Waals surface area contributed by atoms with Crippen LogP contribution in [0.2, 0.25) is 0 Å². The van der Waals surface area contributed by atoms with E-state index in [0.29, 0.717) is 12.3 Å². The molecule has 0 aromatic heterocycles. The molecule has 1 aromatic carbocycles. The van der Waals surface area contributed by atoms with Gasteiger partial charge in [0, 0.05) is 6.54 Å². The van der Waals surface area contributed by atoms with E-state index in [2.05, 4.69) is 0 Å². The predicted octanol–water partition coefficient (Wildman–Crippen LogP) is 1.67. The van der Waals surface area contributed by atoms with E-state index < -0.39 is 0 Å². The van der Waals surface area contributed by atoms with E-state index in [1.165, 1.54) is 0 Å². The molecule has 0 saturated carbocycles. The fourth-order valence-corrected chi connectivity index (χ4v) is 0.986. The van der Waals surface area contributed by atoms with E-state index >= 15 is 0 Å². The van der Waals surface area contributed by atoms with E-state index in [0.717, 1.165) is 11.1 Å². The summed E-state index contributed by atoms with van der Waals surface area (Å²) in [7, 11) is 0. The number of hydrogen-bond donors (Lipinski definition) is 2. The van der Waals surface area contributed by atoms with Gasteiger partial charge in [0.1, 0.15) is 5.75 Å². The normalized spacial score (nSPS) is 10.8. The molecule has 0 aliphatic carbocycles. The first-order chi connectivity index (χ1) is 5.74. The second kappa shape index (κ2) is 3.93. The van der Waals surface area contributed by atoms with Gasteiger partial charge in [-0.25, -0.2) is 0 Å². The van der Waals surface area contributed by atoms with Crippen LogP contribution in [-0.4, -0.2) is 11.7 Å². The Kier molecular flexibility index (Phi) is 2.88. The van der Waals surface area contributed by atoms with Crippen LogP contribution in [0.1, 0.15) is 11.1 Å². The van der Waals surface area contributed by atoms with Crippen molar-refractivity contribution >= 4 is 6.08 Å². The van der Waals surface area contributed by atoms with Crippen LogP contribution in [0.4, 0.5) is 0 Å². The minimum atomic E-state index is 0.333. The zero-order chi connectivity index (χ0) is 8.97. The van der Waals surface area contributed by atoms with Gasteiger partial charge in [-0.3, -0.25) is 0 Å². The Bertz CT molecular complexity index is 292. The molecule has 3 N–H and O–H groups in total. The summed E-state index contributed by atoms with van der Waals surface area (Å²) in [5.41, 5.74) is 7.26. The Morgan fingerprint density at radius 3 is 2.83 bits per heavy atom. The third-order valence-electron chi connectivity index (χ3n) is 1.67. The first-order valence-electron chi connectivity index (χ1n) is 3.90. The molecule has 64 valence electrons. The van der Waals surface area contributed by atoms with Crippen molar-refractivity contribution in [3.63, 3.8) is 0 Å². The molecule has 0 radical (unpaired) electrons. The van der Waals surface area contributed by atoms with Crippen molar-refractivity contribution < 1.29 is 5.11 Å². The number of phenolic OH excluding ortho intramolecular Hbond substituents is 1. The van der Waals surface area contributed by atoms with Gasteiger partial charge in [0.05, 0.1) is 0 Å². The van der Waals surface area contributed by atoms with Gasteiger partial charge in [0.15, 0.2) is 0 Å². The molecule has 12 heavy (non-hydrogen) atoms. The number of benzene rings is 1. The van der Waals surface area contributed by atoms with E-state index in [4.69, 9.17) is 5.73 Å². The fraction of sp³-hybridized carbons (Fsp3) is 0.200. The molecule has 1 rings (SSSR count). The zero-order valence-corrected chi connectivity index (χ0v) is 7.12. The van der Waals surface area contributed by atoms with Gasteiger partial charge in [-0.2, -0.15) is 0 Å². The topological polar surface area (TPSA) is 46.2 Å². The van der Waals surface area contributed by atoms with E-state index in [1.54, 1.807) is 6.07 Å². The van der Waals surface area contributed by atoms with Crippen LogP contribution in [0.15, 0.2) is 24.3 Å². The monoisotopic (exact) mass is 163 g/mol. The number of aromatic hydroxyl groups is 1. The molecule has 0 aliphatic heterocycles. The summed E-state index contributed by atoms with van der Waals surface area (Å²) in [5.74, 6) is 0.333. The summed E-state index contributed by atoms with van der Waals surface area (Å²) in [5, 5.41) is 9.22. The number of phenols is 1. The third kappa shape index (κ3) is 2.10. The Balaban J connectivity index is 2.89. The molecule has 0 bridgehead atoms. The minimum absolute atomic E-state index is 0.333. The van der Waals surface area contributed by atoms with Gasteiger partial charge in [-0.05, 0) is 30.2 Å². The van der Waals surface area contributed by atoms with Crippen molar-refractivity contribution in [2.45, 2.75) is 6.92 Å². The van der Waals surface area contributed by atoms with Gasteiger partial charge in [0.2, 0.25) is 0 Å². The Morgan fingerprint density at radius 2 is 2.25 bits per heavy atom. The lowest BCUT2D eigenvalue weighted by atomic mass is 10.1. The lowest BCUT2D eigenvalue weighted by Gasteiger charge is -1.98. The van der Waals surface area contributed by atoms with Crippen molar-refractivity contribution in [2.24, 2.45) is 5.73 Å². The van der Waals surface area contributed by atoms with Crippen molar-refractivity contribution in [3.8, 4) is 5.75 Å². The first kappa shape index (κ1) is 8.81. The number of rotatable bonds is 2. The Morgan fingerprint density at radius 1 is 1.50 bits per heavy atom. The summed E-state index contributed by atoms with van der Waals surface area (Å²) >= 11 is 0. The van der Waals surface area contributed by atoms with E-state index in [-0.39, 0.29) is 0 Å². The maximum absolute atomic E-state index is 9.22. The molecule has 0 saturated heterocycles. The Hall–Kier alpha value is -1.28. The molecule has 2 heteroatoms. The highest BCUT2D eigenvalue weighted by molar-refractivity contribution is 5.52. The van der Waals surface area contributed by atoms with Crippen LogP contribution in [0.25, 0.3) is 6.08 Å². The maximum Gasteiger partial charge on any atom is 0.118 e. The number of hydrogen-bond acceptors (Lipinski definition) is 2. The predicted molar refractivity (Wildman–Crippen MR) is 50.9 cm³/mol. The molecule has 0 amide bonds. The van der Waals surface area contributed by atoms with Gasteiger partial charge < -0.3 is 10.8 Å². The van der Waals surface area contributed by atoms with Crippen molar-refractivity contribution in [1.82, 2.24) is 0 Å². The Labute approximate surface area is 72.3 Å². The average molecular weight is 163 g/mol. The molecule has 0 atom stereocenters. The molecule has 0 heterocycles. The summed E-state index contributed by atoms with van der Waals surface area (Å²) in [4.78, 5) is 0. The minimum Gasteiger partial charge on any atom is -0.508 e. The van der Waals surface area contributed by atoms with Crippen molar-refractivity contribution in [3.05, 3.63) is 35.4 Å². The summed E-state index contributed by atoms with van der Waals surface area (Å²) < 4.78 is 0. The molecular formula is C10H13NO. The molecule has 1 aromatic rings. The fourth-order valence-electron chi connectivity index (χ4n) is 0.986. The smallest absolute Gasteiger partial charge is 0.118 e. The van der Waals surface area contributed by atoms with Crippen LogP contribution in [0.3, 0.4) is 0 Å². The van der Waals surface area contributed by atoms with Gasteiger partial charge in [-0.1, -0.05) is 18.2 Å². The lowest BCUT2D eigenvalue weighted by molar-refractivity contribution is 0.471. The summed E-state index contributed by atoms with van der Waals surface area (Å²) in [6, 6.07) is 5.46. The molecule has 0 unspecified atom stereocenters. The highest BCUT2D eigenvalue weighted by Crippen LogP contribution is 2.17. The van der Waals surface area contributed by atoms with Crippen LogP contribution < -0.4 is 5.73 Å². The van der Waals surface area contributed by atoms with E-state index in [1.807, 2.05) is 31.2 Å². The van der Waals surface area contributed by atoms with Crippen LogP contribution in [0, 0.1) is 6.92 Å². The average Bonchev–Trinajstić information content (AvgIpc) is 2.07. The number of aryl methyl sites for hydroxylation is 1. The van der Waals surface area contributed by atoms with Crippen molar-refractivity contribution in [1.29, 1.82) is 0 Å². The van der Waals surface area contributed by atoms with Crippen molar-refractivity contribution in [2.75, 3.05) is 6.54 Å². The quantitative estimate of drug-likeness (QED) is 0.696. The molecular weight excluding hydrogens is 150 g/mol. The van der Waals surface area contributed by atoms with E-state index in [9.17, 15) is 5.11 Å². The summed E-state index contributed by atoms with van der Waals surface area (Å²) in [6.45, 7) is 2.41. The molecule has 2 nitrogen and oxygen atoms in total. The standard InChI is InChI=1S/C10H13NO/c1-8-7-9(3-2-6-11)4-5-10(8)12/h2-5,7,12H,6,11H2,1H3. The van der Waals surface area contributed by atoms with Gasteiger partial charge in [-0.15, -0.1) is 0 Å². The van der Waals surface area contributed by atoms with Crippen LogP contribution in [-0.2, 0) is 0 Å². The summed E-state index contributed by atoms with van der Waals surface area (Å²) in [6.07, 6.45) is 3.82. The number of nitrogens with two attached hydrogens (primary N) is 1. The maximum atomic E-state index is 9.22. The highest BCUT2D eigenvalue weighted by atomic mass is 16.3. The molecule has 0 fully saturated rings. The first-order valence-corrected chi connectivity index (χ1v) is 3.90. The molecule has 0 spiro atoms. The SMILES string of the molecule is Cc1cc(C=CCN)ccc1O. The third-order valence-corrected chi connectivity index (χ3v) is 1.67. The van der Waals surface area contributed by atoms with Gasteiger partial charge in [0.25, 0.3) is 0 Å². The zero-order valence-electron chi connectivity index (χ0n) is 7.12. The van der Waals surface area contributed by atoms with Crippen LogP contribution >= 0.6 is 0 Å². The van der Waals surface area contributed by atoms with Crippen LogP contribution in [0.5, 0.6) is 5.75 Å². The highest BCUT2D eigenvalue weighted by Gasteiger charge is 1.93. The second-order valence-corrected chi connectivity index (χ2v) is 2.68. The second-order valence-electron chi connectivity index (χ2n) is 2.68.